The molecule has 1 saturated heterocycles. The van der Waals surface area contributed by atoms with Crippen LogP contribution in [-0.2, 0) is 4.79 Å². The molecule has 0 unspecified atom stereocenters. The van der Waals surface area contributed by atoms with Gasteiger partial charge in [-0.2, -0.15) is 0 Å². The summed E-state index contributed by atoms with van der Waals surface area (Å²) in [5.41, 5.74) is 4.02. The molecule has 5 nitrogen and oxygen atoms in total. The quantitative estimate of drug-likeness (QED) is 0.732. The molecule has 0 bridgehead atoms. The zero-order valence-electron chi connectivity index (χ0n) is 15.2. The number of rotatable bonds is 2. The second-order valence-corrected chi connectivity index (χ2v) is 6.85. The molecule has 2 amide bonds. The second kappa shape index (κ2) is 6.54. The van der Waals surface area contributed by atoms with Crippen molar-refractivity contribution in [1.29, 1.82) is 0 Å². The summed E-state index contributed by atoms with van der Waals surface area (Å²) in [4.78, 5) is 30.8. The molecule has 6 heteroatoms. The first-order valence-electron chi connectivity index (χ1n) is 8.89. The Morgan fingerprint density at radius 3 is 2.63 bits per heavy atom. The van der Waals surface area contributed by atoms with Gasteiger partial charge in [0.2, 0.25) is 5.91 Å². The van der Waals surface area contributed by atoms with Crippen LogP contribution < -0.4 is 5.32 Å². The third-order valence-corrected chi connectivity index (χ3v) is 5.23. The fraction of sp³-hybridized carbons (Fsp3) is 0.238. The van der Waals surface area contributed by atoms with Crippen LogP contribution in [0, 0.1) is 19.7 Å². The molecular weight excluding hydrogens is 345 g/mol. The van der Waals surface area contributed by atoms with Crippen molar-refractivity contribution < 1.29 is 14.0 Å². The van der Waals surface area contributed by atoms with Crippen molar-refractivity contribution in [2.75, 3.05) is 13.1 Å². The Labute approximate surface area is 156 Å². The summed E-state index contributed by atoms with van der Waals surface area (Å²) in [7, 11) is 0. The molecule has 0 saturated carbocycles. The smallest absolute Gasteiger partial charge is 0.257 e. The number of fused-ring (bicyclic) bond motifs is 1. The Morgan fingerprint density at radius 1 is 1.15 bits per heavy atom. The van der Waals surface area contributed by atoms with Crippen LogP contribution in [0.1, 0.15) is 33.2 Å². The number of amides is 2. The molecule has 27 heavy (non-hydrogen) atoms. The lowest BCUT2D eigenvalue weighted by Gasteiger charge is -2.35. The van der Waals surface area contributed by atoms with E-state index >= 15 is 0 Å². The highest BCUT2D eigenvalue weighted by molar-refractivity contribution is 6.08. The Bertz CT molecular complexity index is 1040. The van der Waals surface area contributed by atoms with Crippen molar-refractivity contribution >= 4 is 22.7 Å². The predicted molar refractivity (Wildman–Crippen MR) is 101 cm³/mol. The Balaban J connectivity index is 1.78. The van der Waals surface area contributed by atoms with Crippen LogP contribution in [0.25, 0.3) is 10.9 Å². The summed E-state index contributed by atoms with van der Waals surface area (Å²) in [5.74, 6) is -0.854. The van der Waals surface area contributed by atoms with Gasteiger partial charge in [-0.15, -0.1) is 0 Å². The van der Waals surface area contributed by atoms with Crippen molar-refractivity contribution in [2.24, 2.45) is 0 Å². The van der Waals surface area contributed by atoms with E-state index < -0.39 is 6.04 Å². The minimum absolute atomic E-state index is 0.217. The van der Waals surface area contributed by atoms with Crippen LogP contribution in [0.2, 0.25) is 0 Å². The fourth-order valence-electron chi connectivity index (χ4n) is 3.68. The Morgan fingerprint density at radius 2 is 1.89 bits per heavy atom. The molecular formula is C21H20FN3O2. The summed E-state index contributed by atoms with van der Waals surface area (Å²) < 4.78 is 13.3. The number of hydrogen-bond acceptors (Lipinski definition) is 2. The number of para-hydroxylation sites is 1. The molecule has 3 aromatic rings. The van der Waals surface area contributed by atoms with Crippen molar-refractivity contribution in [3.8, 4) is 0 Å². The molecule has 2 aromatic carbocycles. The van der Waals surface area contributed by atoms with Gasteiger partial charge >= 0.3 is 0 Å². The van der Waals surface area contributed by atoms with Crippen molar-refractivity contribution in [1.82, 2.24) is 15.2 Å². The van der Waals surface area contributed by atoms with Crippen molar-refractivity contribution in [3.63, 3.8) is 0 Å². The van der Waals surface area contributed by atoms with E-state index in [9.17, 15) is 14.0 Å². The number of halogens is 1. The number of piperazine rings is 1. The third kappa shape index (κ3) is 2.87. The molecule has 138 valence electrons. The first-order chi connectivity index (χ1) is 13.0. The highest BCUT2D eigenvalue weighted by Gasteiger charge is 2.35. The molecule has 0 radical (unpaired) electrons. The van der Waals surface area contributed by atoms with E-state index in [1.54, 1.807) is 23.1 Å². The van der Waals surface area contributed by atoms with Gasteiger partial charge in [0.25, 0.3) is 5.91 Å². The monoisotopic (exact) mass is 365 g/mol. The molecule has 0 aliphatic carbocycles. The zero-order valence-corrected chi connectivity index (χ0v) is 15.2. The highest BCUT2D eigenvalue weighted by atomic mass is 19.1. The van der Waals surface area contributed by atoms with E-state index in [2.05, 4.69) is 10.3 Å². The van der Waals surface area contributed by atoms with Gasteiger partial charge in [-0.1, -0.05) is 24.3 Å². The van der Waals surface area contributed by atoms with Crippen LogP contribution in [0.4, 0.5) is 4.39 Å². The van der Waals surface area contributed by atoms with E-state index in [0.717, 1.165) is 22.2 Å². The summed E-state index contributed by atoms with van der Waals surface area (Å²) in [6, 6.07) is 10.5. The minimum Gasteiger partial charge on any atom is -0.358 e. The van der Waals surface area contributed by atoms with Gasteiger partial charge in [-0.25, -0.2) is 4.39 Å². The standard InChI is InChI=1S/C21H20FN3O2/c1-12-13(2)24-18-16(12)4-3-5-17(18)21(27)25-11-10-23-20(26)19(25)14-6-8-15(22)9-7-14/h3-9,19,24H,10-11H2,1-2H3,(H,23,26)/t19-/m1/s1. The summed E-state index contributed by atoms with van der Waals surface area (Å²) in [6.07, 6.45) is 0. The lowest BCUT2D eigenvalue weighted by molar-refractivity contribution is -0.128. The number of carbonyl (C=O) groups is 2. The van der Waals surface area contributed by atoms with E-state index in [1.165, 1.54) is 12.1 Å². The minimum atomic E-state index is -0.778. The SMILES string of the molecule is Cc1[nH]c2c(C(=O)N3CCNC(=O)[C@H]3c3ccc(F)cc3)cccc2c1C. The van der Waals surface area contributed by atoms with Gasteiger partial charge in [-0.3, -0.25) is 9.59 Å². The van der Waals surface area contributed by atoms with Gasteiger partial charge < -0.3 is 15.2 Å². The van der Waals surface area contributed by atoms with Crippen LogP contribution in [0.3, 0.4) is 0 Å². The topological polar surface area (TPSA) is 65.2 Å². The lowest BCUT2D eigenvalue weighted by atomic mass is 10.00. The lowest BCUT2D eigenvalue weighted by Crippen LogP contribution is -2.52. The molecule has 1 aliphatic heterocycles. The number of nitrogens with one attached hydrogen (secondary N) is 2. The number of aryl methyl sites for hydroxylation is 2. The second-order valence-electron chi connectivity index (χ2n) is 6.85. The molecule has 1 atom stereocenters. The molecule has 2 N–H and O–H groups in total. The largest absolute Gasteiger partial charge is 0.358 e. The number of H-pyrrole nitrogens is 1. The predicted octanol–water partition coefficient (Wildman–Crippen LogP) is 3.24. The Hall–Kier alpha value is -3.15. The molecule has 4 rings (SSSR count). The molecule has 1 fully saturated rings. The van der Waals surface area contributed by atoms with Gasteiger partial charge in [0.05, 0.1) is 11.1 Å². The van der Waals surface area contributed by atoms with E-state index in [0.29, 0.717) is 24.2 Å². The molecule has 2 heterocycles. The summed E-state index contributed by atoms with van der Waals surface area (Å²) in [5, 5.41) is 3.80. The van der Waals surface area contributed by atoms with Gasteiger partial charge in [0, 0.05) is 24.2 Å². The first kappa shape index (κ1) is 17.3. The number of aromatic nitrogens is 1. The Kier molecular flexibility index (Phi) is 4.18. The van der Waals surface area contributed by atoms with E-state index in [4.69, 9.17) is 0 Å². The average molecular weight is 365 g/mol. The maximum atomic E-state index is 13.4. The summed E-state index contributed by atoms with van der Waals surface area (Å²) >= 11 is 0. The molecule has 1 aliphatic rings. The summed E-state index contributed by atoms with van der Waals surface area (Å²) in [6.45, 7) is 4.76. The molecule has 1 aromatic heterocycles. The van der Waals surface area contributed by atoms with Gasteiger partial charge in [0.1, 0.15) is 11.9 Å². The number of carbonyl (C=O) groups excluding carboxylic acids is 2. The number of nitrogens with zero attached hydrogens (tertiary/aromatic N) is 1. The maximum Gasteiger partial charge on any atom is 0.257 e. The zero-order chi connectivity index (χ0) is 19.1. The third-order valence-electron chi connectivity index (χ3n) is 5.23. The van der Waals surface area contributed by atoms with Gasteiger partial charge in [-0.05, 0) is 43.2 Å². The van der Waals surface area contributed by atoms with Crippen LogP contribution in [0.5, 0.6) is 0 Å². The van der Waals surface area contributed by atoms with Crippen molar-refractivity contribution in [3.05, 3.63) is 70.7 Å². The molecule has 0 spiro atoms. The van der Waals surface area contributed by atoms with E-state index in [1.807, 2.05) is 26.0 Å². The highest BCUT2D eigenvalue weighted by Crippen LogP contribution is 2.29. The van der Waals surface area contributed by atoms with E-state index in [-0.39, 0.29) is 17.6 Å². The average Bonchev–Trinajstić information content (AvgIpc) is 2.96. The van der Waals surface area contributed by atoms with Crippen LogP contribution in [0.15, 0.2) is 42.5 Å². The number of aromatic amines is 1. The first-order valence-corrected chi connectivity index (χ1v) is 8.89. The van der Waals surface area contributed by atoms with Gasteiger partial charge in [0.15, 0.2) is 0 Å². The van der Waals surface area contributed by atoms with Crippen LogP contribution in [-0.4, -0.2) is 34.8 Å². The fourth-order valence-corrected chi connectivity index (χ4v) is 3.68. The number of benzene rings is 2. The van der Waals surface area contributed by atoms with Crippen molar-refractivity contribution in [2.45, 2.75) is 19.9 Å². The van der Waals surface area contributed by atoms with Crippen LogP contribution >= 0.6 is 0 Å². The maximum absolute atomic E-state index is 13.4. The number of hydrogen-bond donors (Lipinski definition) is 2. The normalized spacial score (nSPS) is 17.2.